The minimum absolute atomic E-state index is 0.722. The Morgan fingerprint density at radius 1 is 1.85 bits per heavy atom. The number of rotatable bonds is 3. The van der Waals surface area contributed by atoms with E-state index in [2.05, 4.69) is 24.6 Å². The van der Waals surface area contributed by atoms with Crippen LogP contribution in [0.2, 0.25) is 0 Å². The van der Waals surface area contributed by atoms with Crippen LogP contribution in [0.15, 0.2) is 28.9 Å². The molecule has 0 aromatic carbocycles. The molecule has 0 radical (unpaired) electrons. The van der Waals surface area contributed by atoms with Crippen molar-refractivity contribution in [3.8, 4) is 0 Å². The summed E-state index contributed by atoms with van der Waals surface area (Å²) in [7, 11) is 0. The molecule has 0 saturated carbocycles. The number of hydrogen-bond acceptors (Lipinski definition) is 1. The van der Waals surface area contributed by atoms with Crippen LogP contribution in [0.25, 0.3) is 0 Å². The van der Waals surface area contributed by atoms with Crippen molar-refractivity contribution in [2.45, 2.75) is 32.6 Å². The summed E-state index contributed by atoms with van der Waals surface area (Å²) >= 11 is 0. The van der Waals surface area contributed by atoms with E-state index in [4.69, 9.17) is 5.73 Å². The van der Waals surface area contributed by atoms with Gasteiger partial charge in [0.15, 0.2) is 0 Å². The lowest BCUT2D eigenvalue weighted by Gasteiger charge is -2.19. The summed E-state index contributed by atoms with van der Waals surface area (Å²) in [5.41, 5.74) is 7.61. The maximum atomic E-state index is 5.19. The first-order valence-electron chi connectivity index (χ1n) is 4.80. The van der Waals surface area contributed by atoms with E-state index in [1.807, 2.05) is 0 Å². The first kappa shape index (κ1) is 10.0. The number of nitrogens with two attached hydrogens (primary N) is 1. The Bertz CT molecular complexity index is 238. The van der Waals surface area contributed by atoms with Crippen molar-refractivity contribution in [2.24, 2.45) is 16.6 Å². The van der Waals surface area contributed by atoms with Crippen LogP contribution in [0.3, 0.4) is 0 Å². The Morgan fingerprint density at radius 2 is 2.62 bits per heavy atom. The van der Waals surface area contributed by atoms with Crippen molar-refractivity contribution in [1.82, 2.24) is 0 Å². The minimum atomic E-state index is 0.722. The Kier molecular flexibility index (Phi) is 3.74. The monoisotopic (exact) mass is 178 g/mol. The molecule has 2 heteroatoms. The van der Waals surface area contributed by atoms with Crippen molar-refractivity contribution in [1.29, 1.82) is 0 Å². The molecule has 13 heavy (non-hydrogen) atoms. The van der Waals surface area contributed by atoms with Crippen LogP contribution in [0.5, 0.6) is 0 Å². The Balaban J connectivity index is 2.35. The van der Waals surface area contributed by atoms with Gasteiger partial charge in [0.05, 0.1) is 6.34 Å². The first-order valence-corrected chi connectivity index (χ1v) is 4.80. The molecule has 0 amide bonds. The molecule has 2 N–H and O–H groups in total. The lowest BCUT2D eigenvalue weighted by molar-refractivity contribution is 0.465. The highest BCUT2D eigenvalue weighted by Crippen LogP contribution is 2.27. The van der Waals surface area contributed by atoms with Gasteiger partial charge in [0.25, 0.3) is 0 Å². The molecule has 0 fully saturated rings. The van der Waals surface area contributed by atoms with Crippen molar-refractivity contribution in [3.05, 3.63) is 23.9 Å². The van der Waals surface area contributed by atoms with E-state index in [1.165, 1.54) is 31.2 Å². The van der Waals surface area contributed by atoms with Crippen LogP contribution < -0.4 is 5.73 Å². The fraction of sp³-hybridized carbons (Fsp3) is 0.545. The summed E-state index contributed by atoms with van der Waals surface area (Å²) in [6.07, 6.45) is 8.30. The fourth-order valence-electron chi connectivity index (χ4n) is 1.70. The van der Waals surface area contributed by atoms with Crippen molar-refractivity contribution >= 4 is 6.34 Å². The minimum Gasteiger partial charge on any atom is -0.390 e. The molecule has 0 spiro atoms. The van der Waals surface area contributed by atoms with Crippen molar-refractivity contribution < 1.29 is 0 Å². The van der Waals surface area contributed by atoms with Crippen molar-refractivity contribution in [3.63, 3.8) is 0 Å². The van der Waals surface area contributed by atoms with Gasteiger partial charge in [0.1, 0.15) is 0 Å². The largest absolute Gasteiger partial charge is 0.390 e. The Hall–Kier alpha value is -1.05. The second kappa shape index (κ2) is 4.85. The SMILES string of the molecule is C=C(CC1CC=C(C)CC1)N=CN. The molecule has 0 aromatic rings. The highest BCUT2D eigenvalue weighted by molar-refractivity contribution is 5.53. The molecule has 0 aromatic heterocycles. The van der Waals surface area contributed by atoms with Crippen molar-refractivity contribution in [2.75, 3.05) is 0 Å². The fourth-order valence-corrected chi connectivity index (χ4v) is 1.70. The number of allylic oxidation sites excluding steroid dienone is 3. The van der Waals surface area contributed by atoms with Gasteiger partial charge in [-0.3, -0.25) is 0 Å². The second-order valence-electron chi connectivity index (χ2n) is 3.74. The zero-order valence-electron chi connectivity index (χ0n) is 8.29. The highest BCUT2D eigenvalue weighted by Gasteiger charge is 2.12. The van der Waals surface area contributed by atoms with E-state index in [-0.39, 0.29) is 0 Å². The predicted molar refractivity (Wildman–Crippen MR) is 57.5 cm³/mol. The zero-order chi connectivity index (χ0) is 9.68. The zero-order valence-corrected chi connectivity index (χ0v) is 8.29. The van der Waals surface area contributed by atoms with Crippen LogP contribution in [0.4, 0.5) is 0 Å². The quantitative estimate of drug-likeness (QED) is 0.402. The predicted octanol–water partition coefficient (Wildman–Crippen LogP) is 2.62. The first-order chi connectivity index (χ1) is 6.22. The third-order valence-electron chi connectivity index (χ3n) is 2.53. The highest BCUT2D eigenvalue weighted by atomic mass is 14.8. The third kappa shape index (κ3) is 3.45. The van der Waals surface area contributed by atoms with Crippen LogP contribution in [-0.2, 0) is 0 Å². The summed E-state index contributed by atoms with van der Waals surface area (Å²) in [6.45, 7) is 6.06. The van der Waals surface area contributed by atoms with Gasteiger partial charge in [-0.15, -0.1) is 0 Å². The molecular formula is C11H18N2. The lowest BCUT2D eigenvalue weighted by Crippen LogP contribution is -2.05. The van der Waals surface area contributed by atoms with E-state index in [0.717, 1.165) is 18.0 Å². The number of aliphatic imine (C=N–C) groups is 1. The second-order valence-corrected chi connectivity index (χ2v) is 3.74. The van der Waals surface area contributed by atoms with Gasteiger partial charge in [-0.05, 0) is 38.5 Å². The Labute approximate surface area is 80.2 Å². The van der Waals surface area contributed by atoms with E-state index in [1.54, 1.807) is 0 Å². The van der Waals surface area contributed by atoms with Gasteiger partial charge in [0.2, 0.25) is 0 Å². The van der Waals surface area contributed by atoms with Gasteiger partial charge in [-0.2, -0.15) is 0 Å². The summed E-state index contributed by atoms with van der Waals surface area (Å²) < 4.78 is 0. The van der Waals surface area contributed by atoms with Crippen LogP contribution >= 0.6 is 0 Å². The average Bonchev–Trinajstić information content (AvgIpc) is 2.09. The molecule has 1 rings (SSSR count). The maximum Gasteiger partial charge on any atom is 0.0855 e. The van der Waals surface area contributed by atoms with Crippen LogP contribution in [-0.4, -0.2) is 6.34 Å². The molecule has 0 bridgehead atoms. The molecule has 0 aliphatic heterocycles. The molecule has 1 atom stereocenters. The maximum absolute atomic E-state index is 5.19. The molecule has 1 unspecified atom stereocenters. The normalized spacial score (nSPS) is 23.2. The molecule has 0 saturated heterocycles. The molecular weight excluding hydrogens is 160 g/mol. The van der Waals surface area contributed by atoms with Crippen LogP contribution in [0.1, 0.15) is 32.6 Å². The molecule has 1 aliphatic carbocycles. The topological polar surface area (TPSA) is 38.4 Å². The summed E-state index contributed by atoms with van der Waals surface area (Å²) in [5, 5.41) is 0. The van der Waals surface area contributed by atoms with Gasteiger partial charge < -0.3 is 5.73 Å². The number of hydrogen-bond donors (Lipinski definition) is 1. The smallest absolute Gasteiger partial charge is 0.0855 e. The lowest BCUT2D eigenvalue weighted by atomic mass is 9.87. The van der Waals surface area contributed by atoms with Gasteiger partial charge in [-0.25, -0.2) is 4.99 Å². The summed E-state index contributed by atoms with van der Waals surface area (Å²) in [6, 6.07) is 0. The van der Waals surface area contributed by atoms with Gasteiger partial charge in [-0.1, -0.05) is 18.2 Å². The molecule has 72 valence electrons. The van der Waals surface area contributed by atoms with Gasteiger partial charge in [0, 0.05) is 5.70 Å². The summed E-state index contributed by atoms with van der Waals surface area (Å²) in [4.78, 5) is 3.98. The average molecular weight is 178 g/mol. The van der Waals surface area contributed by atoms with E-state index >= 15 is 0 Å². The molecule has 1 aliphatic rings. The van der Waals surface area contributed by atoms with E-state index in [9.17, 15) is 0 Å². The van der Waals surface area contributed by atoms with E-state index < -0.39 is 0 Å². The third-order valence-corrected chi connectivity index (χ3v) is 2.53. The summed E-state index contributed by atoms with van der Waals surface area (Å²) in [5.74, 6) is 0.722. The Morgan fingerprint density at radius 3 is 3.15 bits per heavy atom. The number of nitrogens with zero attached hydrogens (tertiary/aromatic N) is 1. The van der Waals surface area contributed by atoms with Gasteiger partial charge >= 0.3 is 0 Å². The molecule has 2 nitrogen and oxygen atoms in total. The molecule has 0 heterocycles. The van der Waals surface area contributed by atoms with Crippen LogP contribution in [0, 0.1) is 5.92 Å². The van der Waals surface area contributed by atoms with E-state index in [0.29, 0.717) is 0 Å². The standard InChI is InChI=1S/C11H18N2/c1-9-3-5-11(6-4-9)7-10(2)13-8-12/h3,8,11H,2,4-7H2,1H3,(H2,12,13).